The van der Waals surface area contributed by atoms with Crippen molar-refractivity contribution in [3.05, 3.63) is 22.4 Å². The van der Waals surface area contributed by atoms with Crippen LogP contribution in [-0.4, -0.2) is 17.2 Å². The summed E-state index contributed by atoms with van der Waals surface area (Å²) >= 11 is 0. The van der Waals surface area contributed by atoms with Crippen molar-refractivity contribution < 1.29 is 4.92 Å². The molecule has 0 saturated heterocycles. The zero-order chi connectivity index (χ0) is 9.56. The molecule has 0 aromatic heterocycles. The molecular formula is C8H14N2O2. The molecule has 1 aliphatic heterocycles. The zero-order valence-electron chi connectivity index (χ0n) is 7.60. The first-order valence-corrected chi connectivity index (χ1v) is 4.05. The monoisotopic (exact) mass is 170 g/mol. The number of nitro groups is 1. The molecule has 0 radical (unpaired) electrons. The highest BCUT2D eigenvalue weighted by atomic mass is 16.6. The summed E-state index contributed by atoms with van der Waals surface area (Å²) in [5.74, 6) is -0.0347. The van der Waals surface area contributed by atoms with Crippen LogP contribution in [0.15, 0.2) is 17.3 Å². The van der Waals surface area contributed by atoms with Crippen LogP contribution in [0.3, 0.4) is 0 Å². The Morgan fingerprint density at radius 1 is 1.50 bits per heavy atom. The van der Waals surface area contributed by atoms with E-state index in [0.29, 0.717) is 0 Å². The minimum absolute atomic E-state index is 0.0347. The largest absolute Gasteiger partial charge is 0.264 e. The summed E-state index contributed by atoms with van der Waals surface area (Å²) in [6, 6.07) is -0.634. The molecule has 0 saturated carbocycles. The van der Waals surface area contributed by atoms with Gasteiger partial charge in [0, 0.05) is 17.0 Å². The van der Waals surface area contributed by atoms with E-state index in [1.165, 1.54) is 6.21 Å². The van der Waals surface area contributed by atoms with Gasteiger partial charge in [0.2, 0.25) is 0 Å². The van der Waals surface area contributed by atoms with Gasteiger partial charge in [-0.1, -0.05) is 26.8 Å². The Labute approximate surface area is 72.2 Å². The molecule has 1 aliphatic rings. The van der Waals surface area contributed by atoms with E-state index in [1.807, 2.05) is 13.8 Å². The topological polar surface area (TPSA) is 55.5 Å². The Bertz CT molecular complexity index is 199. The standard InChI is InChI=1S/C6H8N2O2.C2H6/c1-5-2-3-7-4-6(5)8(9)10;1-2/h2-6H,1H3;1-2H3. The first-order valence-electron chi connectivity index (χ1n) is 4.05. The van der Waals surface area contributed by atoms with Crippen LogP contribution in [0.1, 0.15) is 20.8 Å². The van der Waals surface area contributed by atoms with E-state index in [1.54, 1.807) is 19.2 Å². The summed E-state index contributed by atoms with van der Waals surface area (Å²) in [6.45, 7) is 5.80. The van der Waals surface area contributed by atoms with Crippen LogP contribution in [0.25, 0.3) is 0 Å². The van der Waals surface area contributed by atoms with Crippen LogP contribution in [0.2, 0.25) is 0 Å². The van der Waals surface area contributed by atoms with Crippen LogP contribution >= 0.6 is 0 Å². The average molecular weight is 170 g/mol. The lowest BCUT2D eigenvalue weighted by atomic mass is 10.0. The van der Waals surface area contributed by atoms with Crippen molar-refractivity contribution in [3.8, 4) is 0 Å². The van der Waals surface area contributed by atoms with Crippen LogP contribution in [0.4, 0.5) is 0 Å². The Kier molecular flexibility index (Phi) is 4.92. The lowest BCUT2D eigenvalue weighted by molar-refractivity contribution is -0.507. The van der Waals surface area contributed by atoms with Crippen molar-refractivity contribution in [2.24, 2.45) is 10.9 Å². The van der Waals surface area contributed by atoms with E-state index in [4.69, 9.17) is 0 Å². The van der Waals surface area contributed by atoms with Crippen LogP contribution < -0.4 is 0 Å². The first-order chi connectivity index (χ1) is 5.72. The van der Waals surface area contributed by atoms with Crippen molar-refractivity contribution in [2.45, 2.75) is 26.8 Å². The van der Waals surface area contributed by atoms with Crippen molar-refractivity contribution in [3.63, 3.8) is 0 Å². The zero-order valence-corrected chi connectivity index (χ0v) is 7.60. The third-order valence-electron chi connectivity index (χ3n) is 1.50. The first kappa shape index (κ1) is 10.8. The molecule has 0 bridgehead atoms. The second-order valence-corrected chi connectivity index (χ2v) is 2.27. The molecule has 68 valence electrons. The van der Waals surface area contributed by atoms with Crippen molar-refractivity contribution >= 4 is 6.21 Å². The van der Waals surface area contributed by atoms with Gasteiger partial charge in [-0.25, -0.2) is 0 Å². The highest BCUT2D eigenvalue weighted by Gasteiger charge is 2.24. The summed E-state index contributed by atoms with van der Waals surface area (Å²) in [6.07, 6.45) is 4.68. The average Bonchev–Trinajstić information content (AvgIpc) is 2.08. The summed E-state index contributed by atoms with van der Waals surface area (Å²) < 4.78 is 0. The van der Waals surface area contributed by atoms with Gasteiger partial charge in [0.15, 0.2) is 0 Å². The van der Waals surface area contributed by atoms with Crippen LogP contribution in [-0.2, 0) is 0 Å². The smallest absolute Gasteiger partial charge is 0.253 e. The number of aliphatic imine (C=N–C) groups is 1. The molecule has 1 heterocycles. The van der Waals surface area contributed by atoms with Gasteiger partial charge in [-0.2, -0.15) is 0 Å². The van der Waals surface area contributed by atoms with E-state index < -0.39 is 6.04 Å². The minimum Gasteiger partial charge on any atom is -0.264 e. The fraction of sp³-hybridized carbons (Fsp3) is 0.625. The van der Waals surface area contributed by atoms with Gasteiger partial charge in [0.25, 0.3) is 6.04 Å². The van der Waals surface area contributed by atoms with E-state index in [-0.39, 0.29) is 10.8 Å². The van der Waals surface area contributed by atoms with Crippen LogP contribution in [0.5, 0.6) is 0 Å². The molecule has 4 heteroatoms. The second-order valence-electron chi connectivity index (χ2n) is 2.27. The predicted octanol–water partition coefficient (Wildman–Crippen LogP) is 1.89. The van der Waals surface area contributed by atoms with Crippen LogP contribution in [0, 0.1) is 16.0 Å². The third kappa shape index (κ3) is 2.82. The van der Waals surface area contributed by atoms with Gasteiger partial charge in [-0.05, 0) is 0 Å². The fourth-order valence-electron chi connectivity index (χ4n) is 0.819. The summed E-state index contributed by atoms with van der Waals surface area (Å²) in [5.41, 5.74) is 0. The van der Waals surface area contributed by atoms with Gasteiger partial charge in [-0.15, -0.1) is 0 Å². The molecular weight excluding hydrogens is 156 g/mol. The normalized spacial score (nSPS) is 25.9. The lowest BCUT2D eigenvalue weighted by Crippen LogP contribution is -2.28. The molecule has 12 heavy (non-hydrogen) atoms. The van der Waals surface area contributed by atoms with Gasteiger partial charge in [0.05, 0.1) is 6.21 Å². The molecule has 1 rings (SSSR count). The maximum Gasteiger partial charge on any atom is 0.253 e. The quantitative estimate of drug-likeness (QED) is 0.445. The van der Waals surface area contributed by atoms with Gasteiger partial charge < -0.3 is 0 Å². The minimum atomic E-state index is -0.634. The lowest BCUT2D eigenvalue weighted by Gasteiger charge is -2.10. The van der Waals surface area contributed by atoms with Gasteiger partial charge >= 0.3 is 0 Å². The van der Waals surface area contributed by atoms with Crippen molar-refractivity contribution in [1.82, 2.24) is 0 Å². The number of nitrogens with zero attached hydrogens (tertiary/aromatic N) is 2. The molecule has 2 unspecified atom stereocenters. The van der Waals surface area contributed by atoms with E-state index in [9.17, 15) is 10.1 Å². The second kappa shape index (κ2) is 5.46. The van der Waals surface area contributed by atoms with Gasteiger partial charge in [0.1, 0.15) is 0 Å². The Morgan fingerprint density at radius 2 is 2.08 bits per heavy atom. The molecule has 0 N–H and O–H groups in total. The molecule has 0 aromatic carbocycles. The SMILES string of the molecule is CC.CC1C=CN=CC1[N+](=O)[O-]. The molecule has 0 spiro atoms. The Balaban J connectivity index is 0.000000561. The Morgan fingerprint density at radius 3 is 2.42 bits per heavy atom. The molecule has 2 atom stereocenters. The highest BCUT2D eigenvalue weighted by Crippen LogP contribution is 2.09. The number of hydrogen-bond acceptors (Lipinski definition) is 3. The Hall–Kier alpha value is -1.19. The summed E-state index contributed by atoms with van der Waals surface area (Å²) in [4.78, 5) is 13.6. The van der Waals surface area contributed by atoms with Gasteiger partial charge in [-0.3, -0.25) is 15.1 Å². The highest BCUT2D eigenvalue weighted by molar-refractivity contribution is 5.65. The molecule has 4 nitrogen and oxygen atoms in total. The number of rotatable bonds is 1. The number of hydrogen-bond donors (Lipinski definition) is 0. The van der Waals surface area contributed by atoms with E-state index in [2.05, 4.69) is 4.99 Å². The molecule has 0 fully saturated rings. The molecule has 0 aliphatic carbocycles. The van der Waals surface area contributed by atoms with E-state index >= 15 is 0 Å². The third-order valence-corrected chi connectivity index (χ3v) is 1.50. The maximum absolute atomic E-state index is 10.2. The predicted molar refractivity (Wildman–Crippen MR) is 48.9 cm³/mol. The summed E-state index contributed by atoms with van der Waals surface area (Å²) in [5, 5.41) is 10.2. The molecule has 0 aromatic rings. The fourth-order valence-corrected chi connectivity index (χ4v) is 0.819. The van der Waals surface area contributed by atoms with Crippen molar-refractivity contribution in [2.75, 3.05) is 0 Å². The van der Waals surface area contributed by atoms with Crippen molar-refractivity contribution in [1.29, 1.82) is 0 Å². The maximum atomic E-state index is 10.2. The molecule has 0 amide bonds. The van der Waals surface area contributed by atoms with E-state index in [0.717, 1.165) is 0 Å². The summed E-state index contributed by atoms with van der Waals surface area (Å²) in [7, 11) is 0.